The van der Waals surface area contributed by atoms with Crippen molar-refractivity contribution in [2.75, 3.05) is 25.0 Å². The van der Waals surface area contributed by atoms with Gasteiger partial charge in [0.2, 0.25) is 5.91 Å². The predicted octanol–water partition coefficient (Wildman–Crippen LogP) is 0.571. The Hall–Kier alpha value is -3.70. The highest BCUT2D eigenvalue weighted by molar-refractivity contribution is 6.08. The number of hydrogen-bond donors (Lipinski definition) is 3. The maximum Gasteiger partial charge on any atom is 0.261 e. The molecule has 0 saturated carbocycles. The van der Waals surface area contributed by atoms with Crippen molar-refractivity contribution < 1.29 is 19.1 Å². The first kappa shape index (κ1) is 22.1. The predicted molar refractivity (Wildman–Crippen MR) is 124 cm³/mol. The van der Waals surface area contributed by atoms with Gasteiger partial charge in [-0.15, -0.1) is 0 Å². The summed E-state index contributed by atoms with van der Waals surface area (Å²) in [4.78, 5) is 30.6. The van der Waals surface area contributed by atoms with E-state index in [-0.39, 0.29) is 30.2 Å². The quantitative estimate of drug-likeness (QED) is 0.478. The molecule has 2 aromatic heterocycles. The number of primary amides is 1. The SMILES string of the molecule is CC1(C)Cc2cc(NC(=O)c3cnn4cccnc34)c(O[C@H]3CN(CC(N)=O)CC3N)cc2O1. The Labute approximate surface area is 196 Å². The lowest BCUT2D eigenvalue weighted by atomic mass is 10.0. The number of hydrogen-bond acceptors (Lipinski definition) is 8. The number of anilines is 1. The average molecular weight is 466 g/mol. The smallest absolute Gasteiger partial charge is 0.261 e. The van der Waals surface area contributed by atoms with E-state index in [4.69, 9.17) is 20.9 Å². The van der Waals surface area contributed by atoms with E-state index in [1.165, 1.54) is 10.7 Å². The van der Waals surface area contributed by atoms with Gasteiger partial charge in [0.25, 0.3) is 5.91 Å². The average Bonchev–Trinajstić information content (AvgIpc) is 3.41. The molecule has 1 fully saturated rings. The second-order valence-corrected chi connectivity index (χ2v) is 9.38. The van der Waals surface area contributed by atoms with E-state index >= 15 is 0 Å². The second-order valence-electron chi connectivity index (χ2n) is 9.38. The number of rotatable bonds is 6. The molecule has 2 aliphatic rings. The molecule has 0 bridgehead atoms. The molecule has 11 nitrogen and oxygen atoms in total. The monoisotopic (exact) mass is 465 g/mol. The summed E-state index contributed by atoms with van der Waals surface area (Å²) in [6, 6.07) is 5.08. The van der Waals surface area contributed by atoms with Gasteiger partial charge in [0, 0.05) is 43.5 Å². The van der Waals surface area contributed by atoms with Crippen molar-refractivity contribution in [3.63, 3.8) is 0 Å². The molecular weight excluding hydrogens is 438 g/mol. The molecule has 0 spiro atoms. The van der Waals surface area contributed by atoms with Gasteiger partial charge in [0.1, 0.15) is 28.8 Å². The van der Waals surface area contributed by atoms with Gasteiger partial charge in [0.05, 0.1) is 24.5 Å². The molecule has 4 heterocycles. The third-order valence-electron chi connectivity index (χ3n) is 5.98. The lowest BCUT2D eigenvalue weighted by molar-refractivity contribution is -0.118. The zero-order chi connectivity index (χ0) is 24.0. The van der Waals surface area contributed by atoms with Crippen LogP contribution in [0.5, 0.6) is 11.5 Å². The number of benzene rings is 1. The van der Waals surface area contributed by atoms with Crippen molar-refractivity contribution in [2.24, 2.45) is 11.5 Å². The Morgan fingerprint density at radius 1 is 1.32 bits per heavy atom. The number of fused-ring (bicyclic) bond motifs is 2. The fourth-order valence-electron chi connectivity index (χ4n) is 4.52. The number of carbonyl (C=O) groups is 2. The summed E-state index contributed by atoms with van der Waals surface area (Å²) in [6.45, 7) is 5.05. The fourth-order valence-corrected chi connectivity index (χ4v) is 4.52. The Morgan fingerprint density at radius 2 is 2.15 bits per heavy atom. The van der Waals surface area contributed by atoms with Gasteiger partial charge < -0.3 is 26.3 Å². The van der Waals surface area contributed by atoms with Gasteiger partial charge in [-0.1, -0.05) is 0 Å². The van der Waals surface area contributed by atoms with Crippen LogP contribution in [0.25, 0.3) is 5.65 Å². The molecule has 5 N–H and O–H groups in total. The second kappa shape index (κ2) is 8.26. The Kier molecular flexibility index (Phi) is 5.37. The molecule has 0 radical (unpaired) electrons. The van der Waals surface area contributed by atoms with Crippen molar-refractivity contribution >= 4 is 23.1 Å². The number of nitrogens with one attached hydrogen (secondary N) is 1. The molecule has 0 aliphatic carbocycles. The van der Waals surface area contributed by atoms with Crippen LogP contribution >= 0.6 is 0 Å². The molecule has 2 atom stereocenters. The van der Waals surface area contributed by atoms with E-state index in [0.717, 1.165) is 5.56 Å². The number of nitrogens with zero attached hydrogens (tertiary/aromatic N) is 4. The zero-order valence-electron chi connectivity index (χ0n) is 19.0. The number of amides is 2. The van der Waals surface area contributed by atoms with E-state index < -0.39 is 5.91 Å². The van der Waals surface area contributed by atoms with Gasteiger partial charge in [-0.3, -0.25) is 14.5 Å². The van der Waals surface area contributed by atoms with Crippen LogP contribution in [-0.2, 0) is 11.2 Å². The van der Waals surface area contributed by atoms with E-state index in [2.05, 4.69) is 15.4 Å². The van der Waals surface area contributed by atoms with Crippen LogP contribution in [0.4, 0.5) is 5.69 Å². The van der Waals surface area contributed by atoms with Gasteiger partial charge in [-0.25, -0.2) is 9.50 Å². The van der Waals surface area contributed by atoms with E-state index in [0.29, 0.717) is 47.9 Å². The maximum absolute atomic E-state index is 13.2. The third-order valence-corrected chi connectivity index (χ3v) is 5.98. The van der Waals surface area contributed by atoms with Crippen LogP contribution in [0.3, 0.4) is 0 Å². The molecule has 1 aromatic carbocycles. The molecule has 3 aromatic rings. The molecule has 2 aliphatic heterocycles. The molecule has 178 valence electrons. The first-order valence-corrected chi connectivity index (χ1v) is 11.1. The topological polar surface area (TPSA) is 150 Å². The van der Waals surface area contributed by atoms with Crippen LogP contribution in [-0.4, -0.2) is 68.7 Å². The zero-order valence-corrected chi connectivity index (χ0v) is 19.0. The summed E-state index contributed by atoms with van der Waals surface area (Å²) >= 11 is 0. The molecule has 34 heavy (non-hydrogen) atoms. The Morgan fingerprint density at radius 3 is 2.94 bits per heavy atom. The van der Waals surface area contributed by atoms with Crippen molar-refractivity contribution in [1.29, 1.82) is 0 Å². The van der Waals surface area contributed by atoms with Crippen LogP contribution in [0.2, 0.25) is 0 Å². The standard InChI is InChI=1S/C23H27N7O4/c1-23(2)8-13-6-16(28-22(32)14-9-27-30-5-3-4-26-21(14)30)18(7-17(13)34-23)33-19-11-29(10-15(19)24)12-20(25)31/h3-7,9,15,19H,8,10-12,24H2,1-2H3,(H2,25,31)(H,28,32)/t15?,19-/m0/s1. The summed E-state index contributed by atoms with van der Waals surface area (Å²) < 4.78 is 13.9. The minimum absolute atomic E-state index is 0.111. The lowest BCUT2D eigenvalue weighted by Crippen LogP contribution is -2.37. The summed E-state index contributed by atoms with van der Waals surface area (Å²) in [5, 5.41) is 7.14. The highest BCUT2D eigenvalue weighted by atomic mass is 16.5. The van der Waals surface area contributed by atoms with Crippen molar-refractivity contribution in [2.45, 2.75) is 38.0 Å². The summed E-state index contributed by atoms with van der Waals surface area (Å²) in [7, 11) is 0. The van der Waals surface area contributed by atoms with Gasteiger partial charge in [-0.2, -0.15) is 5.10 Å². The Balaban J connectivity index is 1.44. The van der Waals surface area contributed by atoms with Crippen molar-refractivity contribution in [1.82, 2.24) is 19.5 Å². The van der Waals surface area contributed by atoms with Crippen molar-refractivity contribution in [3.8, 4) is 11.5 Å². The minimum Gasteiger partial charge on any atom is -0.487 e. The number of carbonyl (C=O) groups excluding carboxylic acids is 2. The minimum atomic E-state index is -0.420. The Bertz CT molecular complexity index is 1270. The number of likely N-dealkylation sites (tertiary alicyclic amines) is 1. The first-order valence-electron chi connectivity index (χ1n) is 11.1. The van der Waals surface area contributed by atoms with Gasteiger partial charge in [-0.05, 0) is 26.0 Å². The highest BCUT2D eigenvalue weighted by Crippen LogP contribution is 2.42. The van der Waals surface area contributed by atoms with E-state index in [9.17, 15) is 9.59 Å². The van der Waals surface area contributed by atoms with Gasteiger partial charge in [0.15, 0.2) is 5.65 Å². The summed E-state index contributed by atoms with van der Waals surface area (Å²) in [5.74, 6) is 0.366. The molecule has 2 amide bonds. The van der Waals surface area contributed by atoms with Crippen molar-refractivity contribution in [3.05, 3.63) is 47.9 Å². The molecule has 1 saturated heterocycles. The molecule has 5 rings (SSSR count). The normalized spacial score (nSPS) is 21.3. The van der Waals surface area contributed by atoms with Crippen LogP contribution in [0.15, 0.2) is 36.8 Å². The van der Waals surface area contributed by atoms with E-state index in [1.54, 1.807) is 24.5 Å². The number of aromatic nitrogens is 3. The largest absolute Gasteiger partial charge is 0.487 e. The third kappa shape index (κ3) is 4.27. The summed E-state index contributed by atoms with van der Waals surface area (Å²) in [5.41, 5.74) is 13.5. The van der Waals surface area contributed by atoms with Crippen LogP contribution in [0.1, 0.15) is 29.8 Å². The number of nitrogens with two attached hydrogens (primary N) is 2. The van der Waals surface area contributed by atoms with Gasteiger partial charge >= 0.3 is 0 Å². The van der Waals surface area contributed by atoms with Crippen LogP contribution in [0, 0.1) is 0 Å². The molecule has 11 heteroatoms. The van der Waals surface area contributed by atoms with Crippen LogP contribution < -0.4 is 26.3 Å². The highest BCUT2D eigenvalue weighted by Gasteiger charge is 2.35. The van der Waals surface area contributed by atoms with E-state index in [1.807, 2.05) is 24.8 Å². The number of ether oxygens (including phenoxy) is 2. The summed E-state index contributed by atoms with van der Waals surface area (Å²) in [6.07, 6.45) is 5.12. The first-order chi connectivity index (χ1) is 16.2. The lowest BCUT2D eigenvalue weighted by Gasteiger charge is -2.21. The maximum atomic E-state index is 13.2. The fraction of sp³-hybridized carbons (Fsp3) is 0.391. The molecule has 1 unspecified atom stereocenters. The molecular formula is C23H27N7O4.